The van der Waals surface area contributed by atoms with Gasteiger partial charge in [-0.25, -0.2) is 4.98 Å². The molecule has 0 bridgehead atoms. The molecular formula is C17H18ClN3O2. The van der Waals surface area contributed by atoms with E-state index in [1.165, 1.54) is 0 Å². The van der Waals surface area contributed by atoms with Gasteiger partial charge in [-0.05, 0) is 37.1 Å². The summed E-state index contributed by atoms with van der Waals surface area (Å²) >= 11 is 5.87. The lowest BCUT2D eigenvalue weighted by Crippen LogP contribution is -2.37. The number of halogens is 1. The van der Waals surface area contributed by atoms with E-state index < -0.39 is 0 Å². The smallest absolute Gasteiger partial charge is 0.228 e. The van der Waals surface area contributed by atoms with Crippen molar-refractivity contribution in [2.24, 2.45) is 5.92 Å². The third kappa shape index (κ3) is 3.62. The summed E-state index contributed by atoms with van der Waals surface area (Å²) in [5.74, 6) is 1.43. The number of nitrogens with zero attached hydrogens (tertiary/aromatic N) is 3. The second-order valence-electron chi connectivity index (χ2n) is 5.53. The number of aromatic nitrogens is 2. The summed E-state index contributed by atoms with van der Waals surface area (Å²) in [5.41, 5.74) is 0.727. The summed E-state index contributed by atoms with van der Waals surface area (Å²) in [6, 6.07) is 8.83. The summed E-state index contributed by atoms with van der Waals surface area (Å²) in [7, 11) is 1.59. The Balaban J connectivity index is 1.63. The molecule has 0 radical (unpaired) electrons. The molecule has 0 atom stereocenters. The Bertz CT molecular complexity index is 682. The molecule has 1 aromatic carbocycles. The van der Waals surface area contributed by atoms with Crippen molar-refractivity contribution in [3.05, 3.63) is 47.1 Å². The third-order valence-corrected chi connectivity index (χ3v) is 4.36. The Kier molecular flexibility index (Phi) is 4.76. The highest BCUT2D eigenvalue weighted by Gasteiger charge is 2.27. The van der Waals surface area contributed by atoms with E-state index in [1.807, 2.05) is 0 Å². The lowest BCUT2D eigenvalue weighted by atomic mass is 9.89. The predicted molar refractivity (Wildman–Crippen MR) is 89.3 cm³/mol. The molecule has 1 aliphatic heterocycles. The molecule has 0 N–H and O–H groups in total. The van der Waals surface area contributed by atoms with Crippen LogP contribution in [0.5, 0.6) is 5.88 Å². The zero-order chi connectivity index (χ0) is 16.2. The van der Waals surface area contributed by atoms with Gasteiger partial charge in [-0.3, -0.25) is 4.79 Å². The number of rotatable bonds is 4. The van der Waals surface area contributed by atoms with Crippen LogP contribution in [0, 0.1) is 5.92 Å². The van der Waals surface area contributed by atoms with Crippen LogP contribution in [-0.2, 0) is 0 Å². The first-order chi connectivity index (χ1) is 11.2. The molecule has 3 rings (SSSR count). The van der Waals surface area contributed by atoms with E-state index in [0.29, 0.717) is 16.9 Å². The summed E-state index contributed by atoms with van der Waals surface area (Å²) in [6.07, 6.45) is 3.27. The highest BCUT2D eigenvalue weighted by molar-refractivity contribution is 6.30. The van der Waals surface area contributed by atoms with Gasteiger partial charge in [0.05, 0.1) is 7.11 Å². The summed E-state index contributed by atoms with van der Waals surface area (Å²) in [5, 5.41) is 0.645. The number of piperidine rings is 1. The molecule has 1 aliphatic rings. The molecular weight excluding hydrogens is 314 g/mol. The van der Waals surface area contributed by atoms with E-state index in [4.69, 9.17) is 16.3 Å². The molecule has 1 fully saturated rings. The Morgan fingerprint density at radius 1 is 1.22 bits per heavy atom. The number of ether oxygens (including phenoxy) is 1. The minimum atomic E-state index is 0.0398. The number of Topliss-reactive ketones (excluding diaryl/α,β-unsaturated/α-hetero) is 1. The standard InChI is InChI=1S/C17H18ClN3O2/c1-23-15-6-9-19-17(20-15)21-10-7-13(8-11-21)16(22)12-2-4-14(18)5-3-12/h2-6,9,13H,7-8,10-11H2,1H3. The van der Waals surface area contributed by atoms with Gasteiger partial charge in [0.25, 0.3) is 0 Å². The van der Waals surface area contributed by atoms with E-state index in [2.05, 4.69) is 14.9 Å². The molecule has 120 valence electrons. The lowest BCUT2D eigenvalue weighted by Gasteiger charge is -2.31. The van der Waals surface area contributed by atoms with Crippen LogP contribution in [0.4, 0.5) is 5.95 Å². The fourth-order valence-electron chi connectivity index (χ4n) is 2.79. The SMILES string of the molecule is COc1ccnc(N2CCC(C(=O)c3ccc(Cl)cc3)CC2)n1. The second kappa shape index (κ2) is 6.96. The number of methoxy groups -OCH3 is 1. The maximum Gasteiger partial charge on any atom is 0.228 e. The fourth-order valence-corrected chi connectivity index (χ4v) is 2.92. The molecule has 0 amide bonds. The van der Waals surface area contributed by atoms with Crippen molar-refractivity contribution in [1.29, 1.82) is 0 Å². The number of carbonyl (C=O) groups excluding carboxylic acids is 1. The van der Waals surface area contributed by atoms with E-state index >= 15 is 0 Å². The topological polar surface area (TPSA) is 55.3 Å². The molecule has 1 saturated heterocycles. The summed E-state index contributed by atoms with van der Waals surface area (Å²) in [4.78, 5) is 23.3. The van der Waals surface area contributed by atoms with Gasteiger partial charge in [0, 0.05) is 41.9 Å². The predicted octanol–water partition coefficient (Wildman–Crippen LogP) is 3.24. The molecule has 5 nitrogen and oxygen atoms in total. The van der Waals surface area contributed by atoms with Crippen LogP contribution in [-0.4, -0.2) is 36.0 Å². The van der Waals surface area contributed by atoms with Crippen LogP contribution in [0.3, 0.4) is 0 Å². The first-order valence-electron chi connectivity index (χ1n) is 7.59. The Hall–Kier alpha value is -2.14. The highest BCUT2D eigenvalue weighted by Crippen LogP contribution is 2.25. The first-order valence-corrected chi connectivity index (χ1v) is 7.97. The molecule has 0 aliphatic carbocycles. The molecule has 0 saturated carbocycles. The molecule has 2 aromatic rings. The molecule has 23 heavy (non-hydrogen) atoms. The van der Waals surface area contributed by atoms with Gasteiger partial charge in [-0.15, -0.1) is 0 Å². The van der Waals surface area contributed by atoms with E-state index in [0.717, 1.165) is 31.5 Å². The van der Waals surface area contributed by atoms with E-state index in [-0.39, 0.29) is 11.7 Å². The molecule has 6 heteroatoms. The average Bonchev–Trinajstić information content (AvgIpc) is 2.62. The number of hydrogen-bond acceptors (Lipinski definition) is 5. The van der Waals surface area contributed by atoms with Gasteiger partial charge in [-0.1, -0.05) is 11.6 Å². The maximum absolute atomic E-state index is 12.5. The van der Waals surface area contributed by atoms with Gasteiger partial charge in [-0.2, -0.15) is 4.98 Å². The normalized spacial score (nSPS) is 15.5. The van der Waals surface area contributed by atoms with Crippen LogP contribution < -0.4 is 9.64 Å². The van der Waals surface area contributed by atoms with Gasteiger partial charge >= 0.3 is 0 Å². The Morgan fingerprint density at radius 2 is 1.91 bits per heavy atom. The number of ketones is 1. The number of anilines is 1. The van der Waals surface area contributed by atoms with Gasteiger partial charge in [0.15, 0.2) is 5.78 Å². The van der Waals surface area contributed by atoms with Crippen molar-refractivity contribution < 1.29 is 9.53 Å². The highest BCUT2D eigenvalue weighted by atomic mass is 35.5. The largest absolute Gasteiger partial charge is 0.481 e. The van der Waals surface area contributed by atoms with Crippen LogP contribution >= 0.6 is 11.6 Å². The number of carbonyl (C=O) groups is 1. The van der Waals surface area contributed by atoms with Crippen molar-refractivity contribution in [3.8, 4) is 5.88 Å². The van der Waals surface area contributed by atoms with Crippen LogP contribution in [0.25, 0.3) is 0 Å². The third-order valence-electron chi connectivity index (χ3n) is 4.10. The van der Waals surface area contributed by atoms with Gasteiger partial charge in [0.1, 0.15) is 0 Å². The summed E-state index contributed by atoms with van der Waals surface area (Å²) in [6.45, 7) is 1.52. The zero-order valence-electron chi connectivity index (χ0n) is 12.9. The fraction of sp³-hybridized carbons (Fsp3) is 0.353. The summed E-state index contributed by atoms with van der Waals surface area (Å²) < 4.78 is 5.13. The monoisotopic (exact) mass is 331 g/mol. The minimum Gasteiger partial charge on any atom is -0.481 e. The number of hydrogen-bond donors (Lipinski definition) is 0. The van der Waals surface area contributed by atoms with Crippen molar-refractivity contribution >= 4 is 23.3 Å². The number of benzene rings is 1. The van der Waals surface area contributed by atoms with Crippen LogP contribution in [0.2, 0.25) is 5.02 Å². The van der Waals surface area contributed by atoms with Crippen LogP contribution in [0.1, 0.15) is 23.2 Å². The Labute approximate surface area is 140 Å². The van der Waals surface area contributed by atoms with E-state index in [9.17, 15) is 4.79 Å². The quantitative estimate of drug-likeness (QED) is 0.805. The van der Waals surface area contributed by atoms with Gasteiger partial charge < -0.3 is 9.64 Å². The molecule has 0 spiro atoms. The minimum absolute atomic E-state index is 0.0398. The van der Waals surface area contributed by atoms with Crippen LogP contribution in [0.15, 0.2) is 36.5 Å². The zero-order valence-corrected chi connectivity index (χ0v) is 13.7. The molecule has 1 aromatic heterocycles. The Morgan fingerprint density at radius 3 is 2.57 bits per heavy atom. The van der Waals surface area contributed by atoms with Crippen molar-refractivity contribution in [2.75, 3.05) is 25.1 Å². The second-order valence-corrected chi connectivity index (χ2v) is 5.97. The van der Waals surface area contributed by atoms with E-state index in [1.54, 1.807) is 43.6 Å². The lowest BCUT2D eigenvalue weighted by molar-refractivity contribution is 0.0900. The van der Waals surface area contributed by atoms with Gasteiger partial charge in [0.2, 0.25) is 11.8 Å². The van der Waals surface area contributed by atoms with Crippen molar-refractivity contribution in [3.63, 3.8) is 0 Å². The molecule has 2 heterocycles. The van der Waals surface area contributed by atoms with Crippen molar-refractivity contribution in [1.82, 2.24) is 9.97 Å². The first kappa shape index (κ1) is 15.7. The maximum atomic E-state index is 12.5. The average molecular weight is 332 g/mol. The van der Waals surface area contributed by atoms with Crippen molar-refractivity contribution in [2.45, 2.75) is 12.8 Å². The molecule has 0 unspecified atom stereocenters.